The molecule has 0 aromatic heterocycles. The summed E-state index contributed by atoms with van der Waals surface area (Å²) < 4.78 is 23.6. The van der Waals surface area contributed by atoms with Crippen molar-refractivity contribution in [1.82, 2.24) is 0 Å². The summed E-state index contributed by atoms with van der Waals surface area (Å²) in [6.07, 6.45) is 0. The Morgan fingerprint density at radius 1 is 1.29 bits per heavy atom. The molecule has 1 rings (SSSR count). The number of benzene rings is 1. The zero-order valence-electron chi connectivity index (χ0n) is 10.8. The number of hydrogen-bond acceptors (Lipinski definition) is 3. The highest BCUT2D eigenvalue weighted by molar-refractivity contribution is 5.56. The van der Waals surface area contributed by atoms with Gasteiger partial charge in [-0.3, -0.25) is 0 Å². The molecule has 0 radical (unpaired) electrons. The van der Waals surface area contributed by atoms with Crippen molar-refractivity contribution in [2.24, 2.45) is 0 Å². The lowest BCUT2D eigenvalue weighted by atomic mass is 10.2. The van der Waals surface area contributed by atoms with Gasteiger partial charge in [0.1, 0.15) is 11.6 Å². The molecule has 96 valence electrons. The van der Waals surface area contributed by atoms with Crippen LogP contribution in [0.4, 0.5) is 10.1 Å². The fourth-order valence-electron chi connectivity index (χ4n) is 1.35. The summed E-state index contributed by atoms with van der Waals surface area (Å²) in [6, 6.07) is 4.41. The van der Waals surface area contributed by atoms with E-state index in [1.807, 2.05) is 20.8 Å². The van der Waals surface area contributed by atoms with Crippen LogP contribution in [0.1, 0.15) is 20.8 Å². The molecule has 1 aromatic rings. The summed E-state index contributed by atoms with van der Waals surface area (Å²) in [5, 5.41) is 3.15. The van der Waals surface area contributed by atoms with Crippen LogP contribution in [0.25, 0.3) is 0 Å². The lowest BCUT2D eigenvalue weighted by Gasteiger charge is -2.20. The van der Waals surface area contributed by atoms with Gasteiger partial charge in [0.2, 0.25) is 0 Å². The molecule has 0 unspecified atom stereocenters. The number of rotatable bonds is 5. The van der Waals surface area contributed by atoms with Crippen LogP contribution in [0.15, 0.2) is 18.2 Å². The van der Waals surface area contributed by atoms with E-state index >= 15 is 0 Å². The number of methoxy groups -OCH3 is 1. The monoisotopic (exact) mass is 241 g/mol. The van der Waals surface area contributed by atoms with Crippen molar-refractivity contribution in [1.29, 1.82) is 0 Å². The molecule has 0 bridgehead atoms. The van der Waals surface area contributed by atoms with Crippen molar-refractivity contribution in [3.8, 4) is 5.75 Å². The Balaban J connectivity index is 2.46. The van der Waals surface area contributed by atoms with Gasteiger partial charge in [-0.15, -0.1) is 0 Å². The molecule has 1 N–H and O–H groups in total. The van der Waals surface area contributed by atoms with Gasteiger partial charge >= 0.3 is 0 Å². The van der Waals surface area contributed by atoms with Gasteiger partial charge < -0.3 is 14.8 Å². The summed E-state index contributed by atoms with van der Waals surface area (Å²) in [7, 11) is 1.52. The molecule has 17 heavy (non-hydrogen) atoms. The van der Waals surface area contributed by atoms with Crippen LogP contribution in [-0.2, 0) is 4.74 Å². The minimum atomic E-state index is -0.307. The van der Waals surface area contributed by atoms with E-state index in [9.17, 15) is 4.39 Å². The molecule has 0 aliphatic carbocycles. The molecule has 0 heterocycles. The number of anilines is 1. The number of halogens is 1. The van der Waals surface area contributed by atoms with Gasteiger partial charge in [-0.25, -0.2) is 4.39 Å². The summed E-state index contributed by atoms with van der Waals surface area (Å²) in [4.78, 5) is 0. The SMILES string of the molecule is COc1cc(F)ccc1NCCOC(C)(C)C. The maximum atomic E-state index is 12.9. The Labute approximate surface area is 102 Å². The molecule has 0 spiro atoms. The van der Waals surface area contributed by atoms with Crippen molar-refractivity contribution >= 4 is 5.69 Å². The second kappa shape index (κ2) is 5.87. The predicted octanol–water partition coefficient (Wildman–Crippen LogP) is 3.06. The predicted molar refractivity (Wildman–Crippen MR) is 67.1 cm³/mol. The number of ether oxygens (including phenoxy) is 2. The maximum Gasteiger partial charge on any atom is 0.144 e. The average molecular weight is 241 g/mol. The van der Waals surface area contributed by atoms with E-state index in [0.29, 0.717) is 18.9 Å². The first-order chi connectivity index (χ1) is 7.92. The van der Waals surface area contributed by atoms with Crippen LogP contribution < -0.4 is 10.1 Å². The third kappa shape index (κ3) is 5.04. The molecular formula is C13H20FNO2. The van der Waals surface area contributed by atoms with Gasteiger partial charge in [0, 0.05) is 12.6 Å². The van der Waals surface area contributed by atoms with E-state index < -0.39 is 0 Å². The molecule has 0 saturated carbocycles. The van der Waals surface area contributed by atoms with Gasteiger partial charge in [-0.1, -0.05) is 0 Å². The Bertz CT molecular complexity index is 361. The fourth-order valence-corrected chi connectivity index (χ4v) is 1.35. The number of hydrogen-bond donors (Lipinski definition) is 1. The largest absolute Gasteiger partial charge is 0.494 e. The number of nitrogens with one attached hydrogen (secondary N) is 1. The van der Waals surface area contributed by atoms with Crippen LogP contribution in [0.2, 0.25) is 0 Å². The first-order valence-electron chi connectivity index (χ1n) is 5.64. The topological polar surface area (TPSA) is 30.5 Å². The van der Waals surface area contributed by atoms with E-state index in [1.54, 1.807) is 6.07 Å². The van der Waals surface area contributed by atoms with Crippen LogP contribution in [-0.4, -0.2) is 25.9 Å². The Kier molecular flexibility index (Phi) is 4.75. The lowest BCUT2D eigenvalue weighted by Crippen LogP contribution is -2.23. The zero-order chi connectivity index (χ0) is 12.9. The molecule has 0 amide bonds. The second-order valence-electron chi connectivity index (χ2n) is 4.73. The van der Waals surface area contributed by atoms with Crippen molar-refractivity contribution < 1.29 is 13.9 Å². The maximum absolute atomic E-state index is 12.9. The first kappa shape index (κ1) is 13.8. The molecule has 0 fully saturated rings. The lowest BCUT2D eigenvalue weighted by molar-refractivity contribution is 0.00333. The zero-order valence-corrected chi connectivity index (χ0v) is 10.8. The van der Waals surface area contributed by atoms with Crippen LogP contribution in [0.5, 0.6) is 5.75 Å². The Morgan fingerprint density at radius 3 is 2.59 bits per heavy atom. The molecule has 0 aliphatic heterocycles. The quantitative estimate of drug-likeness (QED) is 0.804. The molecular weight excluding hydrogens is 221 g/mol. The average Bonchev–Trinajstić information content (AvgIpc) is 2.24. The van der Waals surface area contributed by atoms with E-state index in [4.69, 9.17) is 9.47 Å². The standard InChI is InChI=1S/C13H20FNO2/c1-13(2,3)17-8-7-15-11-6-5-10(14)9-12(11)16-4/h5-6,9,15H,7-8H2,1-4H3. The minimum absolute atomic E-state index is 0.144. The van der Waals surface area contributed by atoms with Crippen molar-refractivity contribution in [3.05, 3.63) is 24.0 Å². The van der Waals surface area contributed by atoms with E-state index in [1.165, 1.54) is 19.2 Å². The normalized spacial score (nSPS) is 11.4. The Hall–Kier alpha value is -1.29. The van der Waals surface area contributed by atoms with Gasteiger partial charge in [-0.05, 0) is 32.9 Å². The minimum Gasteiger partial charge on any atom is -0.494 e. The Morgan fingerprint density at radius 2 is 2.00 bits per heavy atom. The molecule has 0 aliphatic rings. The van der Waals surface area contributed by atoms with Crippen LogP contribution in [0, 0.1) is 5.82 Å². The van der Waals surface area contributed by atoms with Gasteiger partial charge in [0.05, 0.1) is 25.0 Å². The van der Waals surface area contributed by atoms with Crippen LogP contribution in [0.3, 0.4) is 0 Å². The van der Waals surface area contributed by atoms with E-state index in [2.05, 4.69) is 5.32 Å². The van der Waals surface area contributed by atoms with Crippen molar-refractivity contribution in [2.75, 3.05) is 25.6 Å². The first-order valence-corrected chi connectivity index (χ1v) is 5.64. The van der Waals surface area contributed by atoms with Crippen molar-refractivity contribution in [2.45, 2.75) is 26.4 Å². The summed E-state index contributed by atoms with van der Waals surface area (Å²) in [5.74, 6) is 0.194. The smallest absolute Gasteiger partial charge is 0.144 e. The molecule has 1 aromatic carbocycles. The molecule has 3 nitrogen and oxygen atoms in total. The van der Waals surface area contributed by atoms with Crippen molar-refractivity contribution in [3.63, 3.8) is 0 Å². The van der Waals surface area contributed by atoms with E-state index in [-0.39, 0.29) is 11.4 Å². The summed E-state index contributed by atoms with van der Waals surface area (Å²) in [6.45, 7) is 7.26. The molecule has 0 saturated heterocycles. The van der Waals surface area contributed by atoms with E-state index in [0.717, 1.165) is 5.69 Å². The molecule has 0 atom stereocenters. The summed E-state index contributed by atoms with van der Waals surface area (Å²) >= 11 is 0. The second-order valence-corrected chi connectivity index (χ2v) is 4.73. The highest BCUT2D eigenvalue weighted by Crippen LogP contribution is 2.24. The third-order valence-corrected chi connectivity index (χ3v) is 2.12. The fraction of sp³-hybridized carbons (Fsp3) is 0.538. The summed E-state index contributed by atoms with van der Waals surface area (Å²) in [5.41, 5.74) is 0.626. The van der Waals surface area contributed by atoms with Gasteiger partial charge in [-0.2, -0.15) is 0 Å². The van der Waals surface area contributed by atoms with Gasteiger partial charge in [0.15, 0.2) is 0 Å². The van der Waals surface area contributed by atoms with Gasteiger partial charge in [0.25, 0.3) is 0 Å². The highest BCUT2D eigenvalue weighted by Gasteiger charge is 2.09. The molecule has 4 heteroatoms. The third-order valence-electron chi connectivity index (χ3n) is 2.12. The highest BCUT2D eigenvalue weighted by atomic mass is 19.1. The van der Waals surface area contributed by atoms with Crippen LogP contribution >= 0.6 is 0 Å².